The Hall–Kier alpha value is -0.260. The molecule has 0 spiro atoms. The van der Waals surface area contributed by atoms with Crippen molar-refractivity contribution in [3.63, 3.8) is 0 Å². The van der Waals surface area contributed by atoms with E-state index in [9.17, 15) is 4.79 Å². The van der Waals surface area contributed by atoms with Crippen molar-refractivity contribution in [2.45, 2.75) is 37.0 Å². The Morgan fingerprint density at radius 3 is 2.67 bits per heavy atom. The Morgan fingerprint density at radius 1 is 1.67 bits per heavy atom. The van der Waals surface area contributed by atoms with Gasteiger partial charge in [-0.1, -0.05) is 6.92 Å². The van der Waals surface area contributed by atoms with Crippen molar-refractivity contribution in [2.75, 3.05) is 12.4 Å². The van der Waals surface area contributed by atoms with Gasteiger partial charge in [-0.15, -0.1) is 0 Å². The first-order chi connectivity index (χ1) is 7.00. The van der Waals surface area contributed by atoms with E-state index in [1.54, 1.807) is 11.8 Å². The second kappa shape index (κ2) is 5.18. The van der Waals surface area contributed by atoms with Gasteiger partial charge in [-0.05, 0) is 25.2 Å². The lowest BCUT2D eigenvalue weighted by Crippen LogP contribution is -2.56. The molecule has 0 aromatic heterocycles. The minimum atomic E-state index is -0.839. The van der Waals surface area contributed by atoms with Gasteiger partial charge in [0.1, 0.15) is 5.54 Å². The second-order valence-corrected chi connectivity index (χ2v) is 5.74. The first-order valence-corrected chi connectivity index (χ1v) is 6.37. The third-order valence-corrected chi connectivity index (χ3v) is 4.36. The Labute approximate surface area is 94.8 Å². The summed E-state index contributed by atoms with van der Waals surface area (Å²) in [4.78, 5) is 11.3. The number of amides is 1. The number of nitrogens with two attached hydrogens (primary N) is 2. The van der Waals surface area contributed by atoms with Gasteiger partial charge in [-0.25, -0.2) is 0 Å². The molecule has 5 N–H and O–H groups in total. The Balaban J connectivity index is 2.42. The lowest BCUT2D eigenvalue weighted by atomic mass is 9.96. The van der Waals surface area contributed by atoms with E-state index in [1.165, 1.54) is 0 Å². The van der Waals surface area contributed by atoms with E-state index in [1.807, 2.05) is 6.92 Å². The molecule has 5 heteroatoms. The van der Waals surface area contributed by atoms with Crippen molar-refractivity contribution in [3.05, 3.63) is 0 Å². The number of hydrogen-bond acceptors (Lipinski definition) is 4. The van der Waals surface area contributed by atoms with E-state index >= 15 is 0 Å². The van der Waals surface area contributed by atoms with Crippen LogP contribution in [0.2, 0.25) is 0 Å². The number of carbonyl (C=O) groups is 1. The van der Waals surface area contributed by atoms with Gasteiger partial charge in [0.2, 0.25) is 5.91 Å². The minimum absolute atomic E-state index is 0.172. The third-order valence-electron chi connectivity index (χ3n) is 2.91. The summed E-state index contributed by atoms with van der Waals surface area (Å²) in [5.74, 6) is 0.436. The summed E-state index contributed by atoms with van der Waals surface area (Å²) in [6.07, 6.45) is 2.74. The number of aliphatic hydroxyl groups is 1. The van der Waals surface area contributed by atoms with Gasteiger partial charge >= 0.3 is 0 Å². The fourth-order valence-corrected chi connectivity index (χ4v) is 2.74. The summed E-state index contributed by atoms with van der Waals surface area (Å²) in [5.41, 5.74) is 10.5. The van der Waals surface area contributed by atoms with Crippen LogP contribution in [0.25, 0.3) is 0 Å². The molecule has 88 valence electrons. The molecule has 1 fully saturated rings. The highest BCUT2D eigenvalue weighted by Gasteiger charge is 2.46. The molecule has 0 aliphatic heterocycles. The summed E-state index contributed by atoms with van der Waals surface area (Å²) in [5, 5.41) is 9.08. The van der Waals surface area contributed by atoms with E-state index in [4.69, 9.17) is 16.6 Å². The molecule has 0 aromatic carbocycles. The molecule has 1 rings (SSSR count). The number of thioether (sulfide) groups is 1. The molecule has 1 aliphatic carbocycles. The summed E-state index contributed by atoms with van der Waals surface area (Å²) < 4.78 is 0. The van der Waals surface area contributed by atoms with E-state index in [-0.39, 0.29) is 12.5 Å². The standard InChI is InChI=1S/C10H20N2O2S/c1-7(4-5-13)15-6-10(12,9(11)14)8-2-3-8/h7-8,13H,2-6,12H2,1H3,(H2,11,14). The van der Waals surface area contributed by atoms with Crippen LogP contribution in [0.3, 0.4) is 0 Å². The van der Waals surface area contributed by atoms with Crippen molar-refractivity contribution in [1.29, 1.82) is 0 Å². The largest absolute Gasteiger partial charge is 0.396 e. The molecule has 0 bridgehead atoms. The molecular weight excluding hydrogens is 212 g/mol. The lowest BCUT2D eigenvalue weighted by molar-refractivity contribution is -0.123. The normalized spacial score (nSPS) is 22.1. The zero-order valence-corrected chi connectivity index (χ0v) is 9.93. The van der Waals surface area contributed by atoms with Gasteiger partial charge in [-0.3, -0.25) is 4.79 Å². The van der Waals surface area contributed by atoms with Crippen LogP contribution in [0, 0.1) is 5.92 Å². The highest BCUT2D eigenvalue weighted by atomic mass is 32.2. The molecule has 1 aliphatic rings. The molecule has 2 atom stereocenters. The summed E-state index contributed by atoms with van der Waals surface area (Å²) >= 11 is 1.62. The van der Waals surface area contributed by atoms with E-state index < -0.39 is 11.4 Å². The zero-order valence-electron chi connectivity index (χ0n) is 9.11. The smallest absolute Gasteiger partial charge is 0.238 e. The SMILES string of the molecule is CC(CCO)SCC(N)(C(N)=O)C1CC1. The van der Waals surface area contributed by atoms with Crippen LogP contribution in [-0.4, -0.2) is 34.2 Å². The predicted octanol–water partition coefficient (Wildman–Crippen LogP) is 0.0833. The van der Waals surface area contributed by atoms with Crippen molar-refractivity contribution in [3.8, 4) is 0 Å². The van der Waals surface area contributed by atoms with Crippen molar-refractivity contribution in [2.24, 2.45) is 17.4 Å². The Morgan fingerprint density at radius 2 is 2.27 bits per heavy atom. The van der Waals surface area contributed by atoms with E-state index in [0.29, 0.717) is 11.0 Å². The van der Waals surface area contributed by atoms with Crippen LogP contribution >= 0.6 is 11.8 Å². The maximum absolute atomic E-state index is 11.3. The molecular formula is C10H20N2O2S. The maximum atomic E-state index is 11.3. The van der Waals surface area contributed by atoms with Crippen molar-refractivity contribution >= 4 is 17.7 Å². The maximum Gasteiger partial charge on any atom is 0.238 e. The fourth-order valence-electron chi connectivity index (χ4n) is 1.53. The van der Waals surface area contributed by atoms with Crippen LogP contribution in [0.4, 0.5) is 0 Å². The monoisotopic (exact) mass is 232 g/mol. The number of rotatable bonds is 7. The molecule has 1 amide bonds. The van der Waals surface area contributed by atoms with Gasteiger partial charge in [0, 0.05) is 17.6 Å². The Bertz CT molecular complexity index is 233. The average Bonchev–Trinajstić information content (AvgIpc) is 2.97. The lowest BCUT2D eigenvalue weighted by Gasteiger charge is -2.26. The highest BCUT2D eigenvalue weighted by Crippen LogP contribution is 2.40. The molecule has 0 heterocycles. The van der Waals surface area contributed by atoms with Crippen LogP contribution in [0.1, 0.15) is 26.2 Å². The van der Waals surface area contributed by atoms with Gasteiger partial charge in [0.25, 0.3) is 0 Å². The van der Waals surface area contributed by atoms with Gasteiger partial charge < -0.3 is 16.6 Å². The molecule has 4 nitrogen and oxygen atoms in total. The zero-order chi connectivity index (χ0) is 11.5. The van der Waals surface area contributed by atoms with Gasteiger partial charge in [0.05, 0.1) is 0 Å². The number of hydrogen-bond donors (Lipinski definition) is 3. The molecule has 2 unspecified atom stereocenters. The first kappa shape index (κ1) is 12.8. The second-order valence-electron chi connectivity index (χ2n) is 4.31. The van der Waals surface area contributed by atoms with Gasteiger partial charge in [-0.2, -0.15) is 11.8 Å². The molecule has 0 radical (unpaired) electrons. The molecule has 1 saturated carbocycles. The van der Waals surface area contributed by atoms with Gasteiger partial charge in [0.15, 0.2) is 0 Å². The summed E-state index contributed by atoms with van der Waals surface area (Å²) in [6.45, 7) is 2.20. The van der Waals surface area contributed by atoms with Crippen molar-refractivity contribution in [1.82, 2.24) is 0 Å². The van der Waals surface area contributed by atoms with Crippen LogP contribution in [0.5, 0.6) is 0 Å². The molecule has 0 aromatic rings. The third kappa shape index (κ3) is 3.36. The van der Waals surface area contributed by atoms with Crippen LogP contribution in [-0.2, 0) is 4.79 Å². The number of carbonyl (C=O) groups excluding carboxylic acids is 1. The van der Waals surface area contributed by atoms with E-state index in [2.05, 4.69) is 0 Å². The number of aliphatic hydroxyl groups excluding tert-OH is 1. The predicted molar refractivity (Wildman–Crippen MR) is 62.5 cm³/mol. The van der Waals surface area contributed by atoms with Crippen LogP contribution in [0.15, 0.2) is 0 Å². The quantitative estimate of drug-likeness (QED) is 0.580. The number of primary amides is 1. The summed E-state index contributed by atoms with van der Waals surface area (Å²) in [7, 11) is 0. The highest BCUT2D eigenvalue weighted by molar-refractivity contribution is 8.00. The molecule has 15 heavy (non-hydrogen) atoms. The topological polar surface area (TPSA) is 89.3 Å². The van der Waals surface area contributed by atoms with E-state index in [0.717, 1.165) is 19.3 Å². The fraction of sp³-hybridized carbons (Fsp3) is 0.900. The molecule has 0 saturated heterocycles. The van der Waals surface area contributed by atoms with Crippen molar-refractivity contribution < 1.29 is 9.90 Å². The summed E-state index contributed by atoms with van der Waals surface area (Å²) in [6, 6.07) is 0. The average molecular weight is 232 g/mol. The first-order valence-electron chi connectivity index (χ1n) is 5.32. The van der Waals surface area contributed by atoms with Crippen LogP contribution < -0.4 is 11.5 Å². The Kier molecular flexibility index (Phi) is 4.43. The minimum Gasteiger partial charge on any atom is -0.396 e.